The second-order valence-corrected chi connectivity index (χ2v) is 2.92. The number of rotatable bonds is 0. The van der Waals surface area contributed by atoms with Crippen molar-refractivity contribution >= 4 is 18.1 Å². The van der Waals surface area contributed by atoms with Gasteiger partial charge >= 0.3 is 0 Å². The first-order chi connectivity index (χ1) is 6.20. The lowest BCUT2D eigenvalue weighted by Crippen LogP contribution is -2.32. The van der Waals surface area contributed by atoms with E-state index in [-0.39, 0.29) is 11.5 Å². The highest BCUT2D eigenvalue weighted by atomic mass is 16.3. The molecule has 0 fully saturated rings. The van der Waals surface area contributed by atoms with Crippen LogP contribution < -0.4 is 10.4 Å². The van der Waals surface area contributed by atoms with Crippen molar-refractivity contribution in [1.29, 1.82) is 0 Å². The average molecular weight is 172 g/mol. The number of hydrogen-bond donors (Lipinski definition) is 1. The fourth-order valence-electron chi connectivity index (χ4n) is 1.44. The van der Waals surface area contributed by atoms with Gasteiger partial charge in [-0.05, 0) is 17.4 Å². The zero-order valence-corrected chi connectivity index (χ0v) is 6.95. The molecule has 64 valence electrons. The van der Waals surface area contributed by atoms with Crippen molar-refractivity contribution in [1.82, 2.24) is 0 Å². The van der Waals surface area contributed by atoms with Gasteiger partial charge in [0.05, 0.1) is 0 Å². The second kappa shape index (κ2) is 2.59. The van der Waals surface area contributed by atoms with Crippen LogP contribution in [0.15, 0.2) is 30.4 Å². The summed E-state index contributed by atoms with van der Waals surface area (Å²) in [5.41, 5.74) is 0.521. The number of aliphatic hydroxyl groups is 1. The largest absolute Gasteiger partial charge is 0.507 e. The molecule has 1 aromatic rings. The number of benzene rings is 1. The highest BCUT2D eigenvalue weighted by Crippen LogP contribution is 2.02. The Labute approximate surface area is 75.1 Å². The molecule has 0 amide bonds. The monoisotopic (exact) mass is 172 g/mol. The molecule has 0 radical (unpaired) electrons. The predicted molar refractivity (Wildman–Crippen MR) is 50.7 cm³/mol. The van der Waals surface area contributed by atoms with E-state index in [4.69, 9.17) is 0 Å². The molecule has 13 heavy (non-hydrogen) atoms. The van der Waals surface area contributed by atoms with E-state index in [1.807, 2.05) is 0 Å². The van der Waals surface area contributed by atoms with E-state index in [1.165, 1.54) is 12.2 Å². The minimum atomic E-state index is -0.0849. The molecule has 1 aliphatic carbocycles. The Kier molecular flexibility index (Phi) is 1.55. The number of hydrogen-bond acceptors (Lipinski definition) is 2. The first-order valence-electron chi connectivity index (χ1n) is 3.94. The van der Waals surface area contributed by atoms with E-state index in [0.717, 1.165) is 0 Å². The van der Waals surface area contributed by atoms with E-state index >= 15 is 0 Å². The fourth-order valence-corrected chi connectivity index (χ4v) is 1.44. The highest BCUT2D eigenvalue weighted by molar-refractivity contribution is 6.07. The normalized spacial score (nSPS) is 14.5. The molecule has 1 aliphatic rings. The Bertz CT molecular complexity index is 509. The first-order valence-corrected chi connectivity index (χ1v) is 3.94. The molecular formula is C11H8O2. The van der Waals surface area contributed by atoms with Crippen LogP contribution in [0.5, 0.6) is 0 Å². The summed E-state index contributed by atoms with van der Waals surface area (Å²) in [6, 6.07) is 5.21. The molecule has 2 nitrogen and oxygen atoms in total. The summed E-state index contributed by atoms with van der Waals surface area (Å²) in [6.45, 7) is 3.75. The van der Waals surface area contributed by atoms with Gasteiger partial charge in [-0.2, -0.15) is 0 Å². The van der Waals surface area contributed by atoms with Crippen LogP contribution in [0.25, 0.3) is 12.3 Å². The van der Waals surface area contributed by atoms with E-state index in [1.54, 1.807) is 18.2 Å². The number of carbonyl (C=O) groups excluding carboxylic acids is 1. The summed E-state index contributed by atoms with van der Waals surface area (Å²) in [6.07, 6.45) is 2.76. The van der Waals surface area contributed by atoms with Gasteiger partial charge in [0, 0.05) is 10.8 Å². The maximum absolute atomic E-state index is 11.3. The smallest absolute Gasteiger partial charge is 0.186 e. The zero-order chi connectivity index (χ0) is 9.42. The SMILES string of the molecule is C=c1cccc2c1=C(O)C=CC2=O. The Morgan fingerprint density at radius 1 is 1.23 bits per heavy atom. The third kappa shape index (κ3) is 1.07. The number of allylic oxidation sites excluding steroid dienone is 1. The van der Waals surface area contributed by atoms with Gasteiger partial charge in [-0.3, -0.25) is 4.79 Å². The maximum atomic E-state index is 11.3. The van der Waals surface area contributed by atoms with Crippen molar-refractivity contribution < 1.29 is 9.90 Å². The summed E-state index contributed by atoms with van der Waals surface area (Å²) >= 11 is 0. The lowest BCUT2D eigenvalue weighted by atomic mass is 10.0. The van der Waals surface area contributed by atoms with Crippen molar-refractivity contribution in [2.45, 2.75) is 0 Å². The quantitative estimate of drug-likeness (QED) is 0.619. The Morgan fingerprint density at radius 2 is 2.00 bits per heavy atom. The van der Waals surface area contributed by atoms with Gasteiger partial charge in [-0.1, -0.05) is 24.8 Å². The topological polar surface area (TPSA) is 37.3 Å². The molecule has 1 N–H and O–H groups in total. The van der Waals surface area contributed by atoms with Crippen LogP contribution in [-0.4, -0.2) is 10.9 Å². The molecule has 0 saturated heterocycles. The Hall–Kier alpha value is -1.83. The van der Waals surface area contributed by atoms with Crippen molar-refractivity contribution in [3.05, 3.63) is 46.4 Å². The van der Waals surface area contributed by atoms with Crippen LogP contribution in [0.2, 0.25) is 0 Å². The molecule has 0 heterocycles. The van der Waals surface area contributed by atoms with E-state index in [0.29, 0.717) is 16.0 Å². The molecule has 1 aromatic carbocycles. The molecule has 0 bridgehead atoms. The van der Waals surface area contributed by atoms with Gasteiger partial charge in [-0.25, -0.2) is 0 Å². The van der Waals surface area contributed by atoms with E-state index in [2.05, 4.69) is 6.58 Å². The summed E-state index contributed by atoms with van der Waals surface area (Å²) in [5, 5.41) is 10.7. The van der Waals surface area contributed by atoms with Crippen LogP contribution in [0.3, 0.4) is 0 Å². The summed E-state index contributed by atoms with van der Waals surface area (Å²) in [4.78, 5) is 11.3. The molecule has 0 aromatic heterocycles. The molecular weight excluding hydrogens is 164 g/mol. The molecule has 0 spiro atoms. The number of aliphatic hydroxyl groups excluding tert-OH is 1. The summed E-state index contributed by atoms with van der Waals surface area (Å²) in [7, 11) is 0. The van der Waals surface area contributed by atoms with Gasteiger partial charge in [0.2, 0.25) is 0 Å². The van der Waals surface area contributed by atoms with E-state index in [9.17, 15) is 9.90 Å². The van der Waals surface area contributed by atoms with Crippen molar-refractivity contribution in [3.63, 3.8) is 0 Å². The fraction of sp³-hybridized carbons (Fsp3) is 0. The standard InChI is InChI=1S/C11H8O2/c1-7-3-2-4-8-9(12)5-6-10(13)11(7)8/h2-6,13H,1H2. The lowest BCUT2D eigenvalue weighted by molar-refractivity contribution is 0.104. The van der Waals surface area contributed by atoms with Crippen molar-refractivity contribution in [2.24, 2.45) is 0 Å². The lowest BCUT2D eigenvalue weighted by Gasteiger charge is -2.04. The van der Waals surface area contributed by atoms with Gasteiger partial charge < -0.3 is 5.11 Å². The molecule has 0 saturated carbocycles. The molecule has 0 atom stereocenters. The first kappa shape index (κ1) is 7.80. The van der Waals surface area contributed by atoms with Crippen molar-refractivity contribution in [2.75, 3.05) is 0 Å². The Balaban J connectivity index is 3.02. The van der Waals surface area contributed by atoms with Gasteiger partial charge in [0.15, 0.2) is 5.78 Å². The third-order valence-corrected chi connectivity index (χ3v) is 2.06. The van der Waals surface area contributed by atoms with Crippen LogP contribution in [-0.2, 0) is 0 Å². The van der Waals surface area contributed by atoms with Crippen LogP contribution >= 0.6 is 0 Å². The van der Waals surface area contributed by atoms with Gasteiger partial charge in [0.25, 0.3) is 0 Å². The Morgan fingerprint density at radius 3 is 2.69 bits per heavy atom. The zero-order valence-electron chi connectivity index (χ0n) is 6.95. The molecule has 0 aliphatic heterocycles. The summed E-state index contributed by atoms with van der Waals surface area (Å²) < 4.78 is 0. The average Bonchev–Trinajstić information content (AvgIpc) is 2.12. The van der Waals surface area contributed by atoms with Gasteiger partial charge in [-0.15, -0.1) is 0 Å². The minimum absolute atomic E-state index is 0.0849. The molecule has 2 rings (SSSR count). The van der Waals surface area contributed by atoms with E-state index < -0.39 is 0 Å². The number of ketones is 1. The highest BCUT2D eigenvalue weighted by Gasteiger charge is 2.10. The number of carbonyl (C=O) groups is 1. The van der Waals surface area contributed by atoms with Crippen molar-refractivity contribution in [3.8, 4) is 0 Å². The minimum Gasteiger partial charge on any atom is -0.507 e. The maximum Gasteiger partial charge on any atom is 0.186 e. The molecule has 0 unspecified atom stereocenters. The van der Waals surface area contributed by atoms with Gasteiger partial charge in [0.1, 0.15) is 5.76 Å². The van der Waals surface area contributed by atoms with Crippen LogP contribution in [0, 0.1) is 0 Å². The third-order valence-electron chi connectivity index (χ3n) is 2.06. The predicted octanol–water partition coefficient (Wildman–Crippen LogP) is 0.516. The van der Waals surface area contributed by atoms with Crippen LogP contribution in [0.4, 0.5) is 0 Å². The summed E-state index contributed by atoms with van der Waals surface area (Å²) in [5.74, 6) is 0.0264. The molecule has 2 heteroatoms. The second-order valence-electron chi connectivity index (χ2n) is 2.92. The van der Waals surface area contributed by atoms with Crippen LogP contribution in [0.1, 0.15) is 10.4 Å². The number of fused-ring (bicyclic) bond motifs is 1.